The van der Waals surface area contributed by atoms with Gasteiger partial charge in [-0.3, -0.25) is 0 Å². The van der Waals surface area contributed by atoms with Gasteiger partial charge < -0.3 is 5.32 Å². The van der Waals surface area contributed by atoms with Gasteiger partial charge in [-0.05, 0) is 106 Å². The van der Waals surface area contributed by atoms with Crippen molar-refractivity contribution in [3.05, 3.63) is 0 Å². The summed E-state index contributed by atoms with van der Waals surface area (Å²) in [4.78, 5) is 0. The minimum atomic E-state index is 0.825. The van der Waals surface area contributed by atoms with Crippen LogP contribution in [0, 0.1) is 29.1 Å². The van der Waals surface area contributed by atoms with E-state index in [0.717, 1.165) is 29.1 Å². The van der Waals surface area contributed by atoms with Crippen LogP contribution in [0.3, 0.4) is 0 Å². The zero-order valence-corrected chi connectivity index (χ0v) is 11.8. The molecule has 0 radical (unpaired) electrons. The fraction of sp³-hybridized carbons (Fsp3) is 1.00. The van der Waals surface area contributed by atoms with Crippen molar-refractivity contribution in [1.29, 1.82) is 0 Å². The van der Waals surface area contributed by atoms with E-state index in [1.807, 2.05) is 0 Å². The first kappa shape index (κ1) is 11.8. The molecule has 1 heterocycles. The van der Waals surface area contributed by atoms with Crippen molar-refractivity contribution in [2.75, 3.05) is 13.1 Å². The van der Waals surface area contributed by atoms with Crippen molar-refractivity contribution in [3.8, 4) is 0 Å². The third kappa shape index (κ3) is 1.94. The van der Waals surface area contributed by atoms with E-state index in [2.05, 4.69) is 5.32 Å². The lowest BCUT2D eigenvalue weighted by molar-refractivity contribution is -0.0922. The molecule has 18 heavy (non-hydrogen) atoms. The predicted octanol–water partition coefficient (Wildman–Crippen LogP) is 3.98. The van der Waals surface area contributed by atoms with Crippen LogP contribution < -0.4 is 5.32 Å². The summed E-state index contributed by atoms with van der Waals surface area (Å²) in [7, 11) is 0. The molecular formula is C17H29N. The Kier molecular flexibility index (Phi) is 2.94. The summed E-state index contributed by atoms with van der Waals surface area (Å²) in [6.45, 7) is 2.56. The molecule has 1 nitrogen and oxygen atoms in total. The highest BCUT2D eigenvalue weighted by Crippen LogP contribution is 2.64. The molecule has 1 N–H and O–H groups in total. The highest BCUT2D eigenvalue weighted by molar-refractivity contribution is 5.04. The molecule has 1 saturated heterocycles. The number of rotatable bonds is 1. The van der Waals surface area contributed by atoms with Crippen molar-refractivity contribution < 1.29 is 0 Å². The molecule has 4 saturated carbocycles. The van der Waals surface area contributed by atoms with Crippen LogP contribution in [0.1, 0.15) is 64.2 Å². The molecule has 0 aromatic heterocycles. The first-order valence-electron chi connectivity index (χ1n) is 8.55. The van der Waals surface area contributed by atoms with Crippen molar-refractivity contribution in [3.63, 3.8) is 0 Å². The average molecular weight is 247 g/mol. The Bertz CT molecular complexity index is 265. The normalized spacial score (nSPS) is 49.0. The van der Waals surface area contributed by atoms with E-state index in [9.17, 15) is 0 Å². The smallest absolute Gasteiger partial charge is 0.00488 e. The molecule has 0 aromatic carbocycles. The average Bonchev–Trinajstić information content (AvgIpc) is 2.25. The van der Waals surface area contributed by atoms with Gasteiger partial charge in [-0.1, -0.05) is 0 Å². The molecular weight excluding hydrogens is 218 g/mol. The summed E-state index contributed by atoms with van der Waals surface area (Å²) in [6, 6.07) is 0. The molecule has 0 atom stereocenters. The standard InChI is InChI=1S/C17H29N/c1-3-16(4-2-6-18-5-1)17-10-13-7-14(11-17)9-15(8-13)12-17/h13-16,18H,1-12H2. The maximum atomic E-state index is 3.58. The molecule has 1 aliphatic heterocycles. The minimum absolute atomic E-state index is 0.825. The Morgan fingerprint density at radius 3 is 1.72 bits per heavy atom. The quantitative estimate of drug-likeness (QED) is 0.739. The van der Waals surface area contributed by atoms with Gasteiger partial charge in [0.15, 0.2) is 0 Å². The highest BCUT2D eigenvalue weighted by atomic mass is 14.8. The Morgan fingerprint density at radius 2 is 1.22 bits per heavy atom. The maximum absolute atomic E-state index is 3.58. The van der Waals surface area contributed by atoms with E-state index >= 15 is 0 Å². The fourth-order valence-corrected chi connectivity index (χ4v) is 6.51. The zero-order chi connectivity index (χ0) is 12.0. The van der Waals surface area contributed by atoms with Gasteiger partial charge >= 0.3 is 0 Å². The van der Waals surface area contributed by atoms with Crippen LogP contribution in [0.15, 0.2) is 0 Å². The van der Waals surface area contributed by atoms with E-state index in [1.165, 1.54) is 38.8 Å². The zero-order valence-electron chi connectivity index (χ0n) is 11.8. The molecule has 0 unspecified atom stereocenters. The molecule has 5 rings (SSSR count). The van der Waals surface area contributed by atoms with E-state index in [1.54, 1.807) is 38.5 Å². The van der Waals surface area contributed by atoms with E-state index < -0.39 is 0 Å². The first-order chi connectivity index (χ1) is 8.84. The Morgan fingerprint density at radius 1 is 0.722 bits per heavy atom. The van der Waals surface area contributed by atoms with Gasteiger partial charge in [0.25, 0.3) is 0 Å². The summed E-state index contributed by atoms with van der Waals surface area (Å²) in [5, 5.41) is 3.58. The van der Waals surface area contributed by atoms with Crippen LogP contribution in [-0.2, 0) is 0 Å². The monoisotopic (exact) mass is 247 g/mol. The fourth-order valence-electron chi connectivity index (χ4n) is 6.51. The van der Waals surface area contributed by atoms with E-state index in [0.29, 0.717) is 0 Å². The van der Waals surface area contributed by atoms with E-state index in [-0.39, 0.29) is 0 Å². The van der Waals surface area contributed by atoms with Crippen LogP contribution in [0.25, 0.3) is 0 Å². The molecule has 1 heteroatoms. The second kappa shape index (κ2) is 4.51. The Labute approximate surface area is 112 Å². The van der Waals surface area contributed by atoms with Crippen molar-refractivity contribution in [2.45, 2.75) is 64.2 Å². The summed E-state index contributed by atoms with van der Waals surface area (Å²) < 4.78 is 0. The van der Waals surface area contributed by atoms with Gasteiger partial charge in [-0.15, -0.1) is 0 Å². The third-order valence-corrected chi connectivity index (χ3v) is 6.76. The number of hydrogen-bond acceptors (Lipinski definition) is 1. The molecule has 5 aliphatic rings. The lowest BCUT2D eigenvalue weighted by atomic mass is 9.45. The van der Waals surface area contributed by atoms with Gasteiger partial charge in [0.1, 0.15) is 0 Å². The topological polar surface area (TPSA) is 12.0 Å². The summed E-state index contributed by atoms with van der Waals surface area (Å²) in [5.74, 6) is 4.51. The van der Waals surface area contributed by atoms with Gasteiger partial charge in [0, 0.05) is 0 Å². The van der Waals surface area contributed by atoms with E-state index in [4.69, 9.17) is 0 Å². The second-order valence-electron chi connectivity index (χ2n) is 8.01. The van der Waals surface area contributed by atoms with Crippen molar-refractivity contribution >= 4 is 0 Å². The van der Waals surface area contributed by atoms with Crippen LogP contribution in [0.5, 0.6) is 0 Å². The molecule has 0 aromatic rings. The van der Waals surface area contributed by atoms with Gasteiger partial charge in [-0.25, -0.2) is 0 Å². The number of hydrogen-bond donors (Lipinski definition) is 1. The van der Waals surface area contributed by atoms with Crippen molar-refractivity contribution in [2.24, 2.45) is 29.1 Å². The summed E-state index contributed by atoms with van der Waals surface area (Å²) in [6.07, 6.45) is 15.6. The van der Waals surface area contributed by atoms with Gasteiger partial charge in [0.05, 0.1) is 0 Å². The van der Waals surface area contributed by atoms with Crippen LogP contribution in [0.4, 0.5) is 0 Å². The van der Waals surface area contributed by atoms with Crippen LogP contribution >= 0.6 is 0 Å². The molecule has 5 fully saturated rings. The van der Waals surface area contributed by atoms with Crippen LogP contribution in [-0.4, -0.2) is 13.1 Å². The number of nitrogens with one attached hydrogen (secondary N) is 1. The lowest BCUT2D eigenvalue weighted by Gasteiger charge is -2.60. The van der Waals surface area contributed by atoms with Gasteiger partial charge in [0.2, 0.25) is 0 Å². The molecule has 0 spiro atoms. The van der Waals surface area contributed by atoms with Crippen LogP contribution in [0.2, 0.25) is 0 Å². The lowest BCUT2D eigenvalue weighted by Crippen LogP contribution is -2.50. The first-order valence-corrected chi connectivity index (χ1v) is 8.55. The predicted molar refractivity (Wildman–Crippen MR) is 75.4 cm³/mol. The van der Waals surface area contributed by atoms with Gasteiger partial charge in [-0.2, -0.15) is 0 Å². The molecule has 4 aliphatic carbocycles. The Balaban J connectivity index is 1.54. The summed E-state index contributed by atoms with van der Waals surface area (Å²) in [5.41, 5.74) is 0.825. The Hall–Kier alpha value is -0.0400. The largest absolute Gasteiger partial charge is 0.317 e. The molecule has 4 bridgehead atoms. The minimum Gasteiger partial charge on any atom is -0.317 e. The highest BCUT2D eigenvalue weighted by Gasteiger charge is 2.53. The summed E-state index contributed by atoms with van der Waals surface area (Å²) >= 11 is 0. The molecule has 102 valence electrons. The SMILES string of the molecule is C1CNCCCC(C23CC4CC(CC(C4)C2)C3)C1. The molecule has 0 amide bonds. The van der Waals surface area contributed by atoms with Crippen molar-refractivity contribution in [1.82, 2.24) is 5.32 Å². The second-order valence-corrected chi connectivity index (χ2v) is 8.01. The third-order valence-electron chi connectivity index (χ3n) is 6.76. The maximum Gasteiger partial charge on any atom is -0.00488 e.